The van der Waals surface area contributed by atoms with Crippen molar-refractivity contribution in [3.63, 3.8) is 0 Å². The minimum Gasteiger partial charge on any atom is -0.338 e. The third-order valence-electron chi connectivity index (χ3n) is 4.60. The molecular formula is C19H18FN. The van der Waals surface area contributed by atoms with E-state index in [9.17, 15) is 4.39 Å². The predicted molar refractivity (Wildman–Crippen MR) is 84.6 cm³/mol. The van der Waals surface area contributed by atoms with Crippen molar-refractivity contribution < 1.29 is 4.39 Å². The summed E-state index contributed by atoms with van der Waals surface area (Å²) < 4.78 is 13.2. The number of nitrogens with zero attached hydrogens (tertiary/aromatic N) is 1. The van der Waals surface area contributed by atoms with Crippen LogP contribution >= 0.6 is 0 Å². The third kappa shape index (κ3) is 2.15. The van der Waals surface area contributed by atoms with Gasteiger partial charge in [-0.25, -0.2) is 4.39 Å². The lowest BCUT2D eigenvalue weighted by Crippen LogP contribution is -2.39. The number of aryl methyl sites for hydroxylation is 1. The van der Waals surface area contributed by atoms with Crippen molar-refractivity contribution in [2.24, 2.45) is 0 Å². The molecule has 1 atom stereocenters. The van der Waals surface area contributed by atoms with Crippen LogP contribution in [0.25, 0.3) is 5.70 Å². The highest BCUT2D eigenvalue weighted by Gasteiger charge is 2.30. The van der Waals surface area contributed by atoms with Crippen molar-refractivity contribution in [3.8, 4) is 0 Å². The van der Waals surface area contributed by atoms with Crippen molar-refractivity contribution in [2.45, 2.75) is 31.7 Å². The first-order valence-corrected chi connectivity index (χ1v) is 7.66. The Hall–Kier alpha value is -2.09. The zero-order chi connectivity index (χ0) is 14.2. The second kappa shape index (κ2) is 5.03. The number of allylic oxidation sites excluding steroid dienone is 1. The van der Waals surface area contributed by atoms with Crippen LogP contribution < -0.4 is 4.90 Å². The molecule has 21 heavy (non-hydrogen) atoms. The van der Waals surface area contributed by atoms with E-state index < -0.39 is 0 Å². The highest BCUT2D eigenvalue weighted by molar-refractivity contribution is 5.82. The first kappa shape index (κ1) is 12.6. The molecule has 2 aromatic rings. The molecule has 0 radical (unpaired) electrons. The van der Waals surface area contributed by atoms with Gasteiger partial charge < -0.3 is 4.90 Å². The Bertz CT molecular complexity index is 687. The van der Waals surface area contributed by atoms with E-state index in [-0.39, 0.29) is 5.82 Å². The SMILES string of the molecule is Fc1ccc(C2=CCC[C@@H]3CCc4ccccc4N23)cc1. The van der Waals surface area contributed by atoms with Gasteiger partial charge in [0.15, 0.2) is 0 Å². The lowest BCUT2D eigenvalue weighted by Gasteiger charge is -2.43. The summed E-state index contributed by atoms with van der Waals surface area (Å²) in [5.74, 6) is -0.175. The fourth-order valence-corrected chi connectivity index (χ4v) is 3.59. The molecule has 0 saturated heterocycles. The van der Waals surface area contributed by atoms with Gasteiger partial charge in [-0.05, 0) is 67.1 Å². The molecule has 2 heterocycles. The van der Waals surface area contributed by atoms with Gasteiger partial charge in [-0.15, -0.1) is 0 Å². The summed E-state index contributed by atoms with van der Waals surface area (Å²) in [6, 6.07) is 16.1. The molecule has 0 aliphatic carbocycles. The Morgan fingerprint density at radius 1 is 0.952 bits per heavy atom. The Balaban J connectivity index is 1.81. The van der Waals surface area contributed by atoms with Crippen LogP contribution in [0.5, 0.6) is 0 Å². The largest absolute Gasteiger partial charge is 0.338 e. The number of anilines is 1. The number of benzene rings is 2. The van der Waals surface area contributed by atoms with Crippen LogP contribution in [0.1, 0.15) is 30.4 Å². The summed E-state index contributed by atoms with van der Waals surface area (Å²) in [6.45, 7) is 0. The molecule has 0 fully saturated rings. The van der Waals surface area contributed by atoms with Crippen molar-refractivity contribution in [2.75, 3.05) is 4.90 Å². The lowest BCUT2D eigenvalue weighted by atomic mass is 9.88. The molecule has 0 unspecified atom stereocenters. The first-order valence-electron chi connectivity index (χ1n) is 7.66. The maximum Gasteiger partial charge on any atom is 0.123 e. The van der Waals surface area contributed by atoms with Crippen LogP contribution in [0.15, 0.2) is 54.6 Å². The third-order valence-corrected chi connectivity index (χ3v) is 4.60. The number of fused-ring (bicyclic) bond motifs is 3. The topological polar surface area (TPSA) is 3.24 Å². The Morgan fingerprint density at radius 2 is 1.76 bits per heavy atom. The highest BCUT2D eigenvalue weighted by atomic mass is 19.1. The van der Waals surface area contributed by atoms with Gasteiger partial charge in [-0.2, -0.15) is 0 Å². The van der Waals surface area contributed by atoms with Crippen LogP contribution in [-0.4, -0.2) is 6.04 Å². The van der Waals surface area contributed by atoms with Gasteiger partial charge in [-0.3, -0.25) is 0 Å². The van der Waals surface area contributed by atoms with E-state index in [2.05, 4.69) is 35.2 Å². The zero-order valence-corrected chi connectivity index (χ0v) is 11.9. The number of rotatable bonds is 1. The normalized spacial score (nSPS) is 20.5. The van der Waals surface area contributed by atoms with Gasteiger partial charge >= 0.3 is 0 Å². The van der Waals surface area contributed by atoms with Crippen molar-refractivity contribution in [1.82, 2.24) is 0 Å². The summed E-state index contributed by atoms with van der Waals surface area (Å²) >= 11 is 0. The van der Waals surface area contributed by atoms with Crippen LogP contribution in [0, 0.1) is 5.82 Å². The van der Waals surface area contributed by atoms with Gasteiger partial charge in [0, 0.05) is 17.4 Å². The van der Waals surface area contributed by atoms with Crippen molar-refractivity contribution in [3.05, 3.63) is 71.6 Å². The Labute approximate surface area is 124 Å². The van der Waals surface area contributed by atoms with Crippen LogP contribution in [0.4, 0.5) is 10.1 Å². The fourth-order valence-electron chi connectivity index (χ4n) is 3.59. The molecule has 106 valence electrons. The molecule has 0 saturated carbocycles. The molecule has 0 bridgehead atoms. The molecule has 0 spiro atoms. The number of hydrogen-bond donors (Lipinski definition) is 0. The summed E-state index contributed by atoms with van der Waals surface area (Å²) in [4.78, 5) is 2.47. The standard InChI is InChI=1S/C19H18FN/c20-16-11-8-15(9-12-16)19-7-3-5-17-13-10-14-4-1-2-6-18(14)21(17)19/h1-2,4,6-9,11-12,17H,3,5,10,13H2/t17-/m1/s1. The van der Waals surface area contributed by atoms with E-state index in [1.54, 1.807) is 12.1 Å². The number of para-hydroxylation sites is 1. The fraction of sp³-hybridized carbons (Fsp3) is 0.263. The van der Waals surface area contributed by atoms with Crippen LogP contribution in [0.3, 0.4) is 0 Å². The van der Waals surface area contributed by atoms with E-state index in [1.807, 2.05) is 12.1 Å². The second-order valence-electron chi connectivity index (χ2n) is 5.86. The van der Waals surface area contributed by atoms with E-state index in [1.165, 1.54) is 29.8 Å². The quantitative estimate of drug-likeness (QED) is 0.726. The number of hydrogen-bond acceptors (Lipinski definition) is 1. The van der Waals surface area contributed by atoms with E-state index in [4.69, 9.17) is 0 Å². The monoisotopic (exact) mass is 279 g/mol. The molecular weight excluding hydrogens is 261 g/mol. The summed E-state index contributed by atoms with van der Waals surface area (Å²) in [7, 11) is 0. The lowest BCUT2D eigenvalue weighted by molar-refractivity contribution is 0.530. The van der Waals surface area contributed by atoms with E-state index >= 15 is 0 Å². The summed E-state index contributed by atoms with van der Waals surface area (Å²) in [5.41, 5.74) is 5.09. The van der Waals surface area contributed by atoms with E-state index in [0.717, 1.165) is 18.4 Å². The summed E-state index contributed by atoms with van der Waals surface area (Å²) in [5, 5.41) is 0. The highest BCUT2D eigenvalue weighted by Crippen LogP contribution is 2.40. The average Bonchev–Trinajstić information content (AvgIpc) is 2.55. The molecule has 2 aromatic carbocycles. The second-order valence-corrected chi connectivity index (χ2v) is 5.86. The molecule has 0 N–H and O–H groups in total. The maximum atomic E-state index is 13.2. The van der Waals surface area contributed by atoms with Gasteiger partial charge in [-0.1, -0.05) is 24.3 Å². The molecule has 2 heteroatoms. The van der Waals surface area contributed by atoms with Gasteiger partial charge in [0.1, 0.15) is 5.82 Å². The van der Waals surface area contributed by atoms with E-state index in [0.29, 0.717) is 6.04 Å². The van der Waals surface area contributed by atoms with Gasteiger partial charge in [0.2, 0.25) is 0 Å². The molecule has 1 nitrogen and oxygen atoms in total. The minimum atomic E-state index is -0.175. The zero-order valence-electron chi connectivity index (χ0n) is 11.9. The predicted octanol–water partition coefficient (Wildman–Crippen LogP) is 4.78. The molecule has 0 amide bonds. The maximum absolute atomic E-state index is 13.2. The summed E-state index contributed by atoms with van der Waals surface area (Å²) in [6.07, 6.45) is 6.98. The number of halogens is 1. The minimum absolute atomic E-state index is 0.175. The molecule has 2 aliphatic heterocycles. The van der Waals surface area contributed by atoms with Crippen molar-refractivity contribution >= 4 is 11.4 Å². The van der Waals surface area contributed by atoms with Crippen LogP contribution in [0.2, 0.25) is 0 Å². The van der Waals surface area contributed by atoms with Gasteiger partial charge in [0.05, 0.1) is 0 Å². The van der Waals surface area contributed by atoms with Gasteiger partial charge in [0.25, 0.3) is 0 Å². The smallest absolute Gasteiger partial charge is 0.123 e. The van der Waals surface area contributed by atoms with Crippen molar-refractivity contribution in [1.29, 1.82) is 0 Å². The van der Waals surface area contributed by atoms with Crippen LogP contribution in [-0.2, 0) is 6.42 Å². The molecule has 2 aliphatic rings. The first-order chi connectivity index (χ1) is 10.3. The Kier molecular flexibility index (Phi) is 3.03. The molecule has 4 rings (SSSR count). The Morgan fingerprint density at radius 3 is 2.62 bits per heavy atom. The average molecular weight is 279 g/mol. The molecule has 0 aromatic heterocycles.